The number of rotatable bonds is 10. The number of phosphoric ester groups is 1. The third-order valence-corrected chi connectivity index (χ3v) is 9.19. The monoisotopic (exact) mass is 734 g/mol. The van der Waals surface area contributed by atoms with Gasteiger partial charge in [-0.15, -0.1) is 6.58 Å². The van der Waals surface area contributed by atoms with E-state index in [1.165, 1.54) is 34.2 Å². The van der Waals surface area contributed by atoms with E-state index in [9.17, 15) is 28.7 Å². The van der Waals surface area contributed by atoms with Gasteiger partial charge < -0.3 is 43.6 Å². The molecular formula is C34H37N6Na2O8P. The van der Waals surface area contributed by atoms with E-state index >= 15 is 0 Å². The number of ether oxygens (including phenoxy) is 1. The minimum Gasteiger partial charge on any atom is -0.780 e. The summed E-state index contributed by atoms with van der Waals surface area (Å²) in [4.78, 5) is 69.7. The number of carbonyl (C=O) groups is 3. The molecule has 0 bridgehead atoms. The number of hydrazine groups is 1. The SMILES string of the molecule is C=CCN1CC(=O)N2[C@H](Cc3ccc(OP(=O)([O-])[O-])cc3)C(=O)N(Cc3cccc4c3OCCN4C)C[C@@H]2N1C(=O)NCc1ccccc1.[Na+].[Na+]. The zero-order valence-corrected chi connectivity index (χ0v) is 33.9. The fourth-order valence-electron chi connectivity index (χ4n) is 6.51. The molecule has 258 valence electrons. The zero-order valence-electron chi connectivity index (χ0n) is 29.0. The average molecular weight is 735 g/mol. The number of hydrogen-bond donors (Lipinski definition) is 1. The number of nitrogens with zero attached hydrogens (tertiary/aromatic N) is 5. The van der Waals surface area contributed by atoms with E-state index in [0.717, 1.165) is 23.4 Å². The smallest absolute Gasteiger partial charge is 0.780 e. The summed E-state index contributed by atoms with van der Waals surface area (Å²) in [5, 5.41) is 6.10. The van der Waals surface area contributed by atoms with Crippen LogP contribution < -0.4 is 88.4 Å². The predicted octanol–water partition coefficient (Wildman–Crippen LogP) is -4.53. The van der Waals surface area contributed by atoms with E-state index in [-0.39, 0.29) is 116 Å². The first kappa shape index (κ1) is 40.9. The fraction of sp³-hybridized carbons (Fsp3) is 0.324. The van der Waals surface area contributed by atoms with Crippen LogP contribution in [-0.2, 0) is 33.7 Å². The molecule has 0 aromatic heterocycles. The van der Waals surface area contributed by atoms with Crippen molar-refractivity contribution in [1.82, 2.24) is 25.1 Å². The van der Waals surface area contributed by atoms with Crippen LogP contribution in [0, 0.1) is 0 Å². The molecule has 3 aromatic rings. The quantitative estimate of drug-likeness (QED) is 0.122. The summed E-state index contributed by atoms with van der Waals surface area (Å²) in [6, 6.07) is 19.5. The van der Waals surface area contributed by atoms with Gasteiger partial charge in [0.15, 0.2) is 0 Å². The maximum atomic E-state index is 14.4. The first-order valence-corrected chi connectivity index (χ1v) is 17.3. The number of piperazine rings is 1. The molecule has 0 radical (unpaired) electrons. The molecule has 3 aliphatic heterocycles. The molecule has 14 nitrogen and oxygen atoms in total. The molecule has 2 atom stereocenters. The van der Waals surface area contributed by atoms with Crippen LogP contribution >= 0.6 is 7.82 Å². The largest absolute Gasteiger partial charge is 1.00 e. The van der Waals surface area contributed by atoms with Gasteiger partial charge in [-0.25, -0.2) is 14.8 Å². The van der Waals surface area contributed by atoms with Crippen LogP contribution in [0.5, 0.6) is 11.5 Å². The van der Waals surface area contributed by atoms with Crippen molar-refractivity contribution in [2.45, 2.75) is 31.7 Å². The minimum atomic E-state index is -5.27. The second-order valence-corrected chi connectivity index (χ2v) is 13.1. The molecule has 3 aromatic carbocycles. The Kier molecular flexibility index (Phi) is 14.2. The Morgan fingerprint density at radius 3 is 2.45 bits per heavy atom. The number of fused-ring (bicyclic) bond motifs is 2. The molecule has 0 aliphatic carbocycles. The summed E-state index contributed by atoms with van der Waals surface area (Å²) in [5.74, 6) is -0.145. The molecule has 4 amide bonds. The van der Waals surface area contributed by atoms with E-state index in [2.05, 4.69) is 21.3 Å². The Morgan fingerprint density at radius 1 is 1.04 bits per heavy atom. The number of benzene rings is 3. The Hall–Kier alpha value is -2.88. The van der Waals surface area contributed by atoms with Gasteiger partial charge >= 0.3 is 65.1 Å². The molecule has 3 aliphatic rings. The number of anilines is 1. The predicted molar refractivity (Wildman–Crippen MR) is 176 cm³/mol. The number of likely N-dealkylation sites (N-methyl/N-ethyl adjacent to an activating group) is 1. The van der Waals surface area contributed by atoms with Gasteiger partial charge in [0.1, 0.15) is 38.1 Å². The van der Waals surface area contributed by atoms with Crippen molar-refractivity contribution in [3.05, 3.63) is 102 Å². The molecule has 0 spiro atoms. The molecule has 51 heavy (non-hydrogen) atoms. The van der Waals surface area contributed by atoms with Gasteiger partial charge in [0, 0.05) is 38.7 Å². The maximum Gasteiger partial charge on any atom is 1.00 e. The summed E-state index contributed by atoms with van der Waals surface area (Å²) in [6.07, 6.45) is 0.800. The number of phosphoric acid groups is 1. The number of para-hydroxylation sites is 1. The summed E-state index contributed by atoms with van der Waals surface area (Å²) in [7, 11) is -3.29. The van der Waals surface area contributed by atoms with Crippen molar-refractivity contribution in [2.24, 2.45) is 0 Å². The van der Waals surface area contributed by atoms with Gasteiger partial charge in [0.2, 0.25) is 11.8 Å². The number of amides is 4. The van der Waals surface area contributed by atoms with Gasteiger partial charge in [0.05, 0.1) is 25.3 Å². The molecular weight excluding hydrogens is 697 g/mol. The van der Waals surface area contributed by atoms with Crippen molar-refractivity contribution in [1.29, 1.82) is 0 Å². The molecule has 0 saturated carbocycles. The van der Waals surface area contributed by atoms with Crippen molar-refractivity contribution < 1.29 is 97.1 Å². The third kappa shape index (κ3) is 9.57. The third-order valence-electron chi connectivity index (χ3n) is 8.76. The Labute approximate surface area is 341 Å². The summed E-state index contributed by atoms with van der Waals surface area (Å²) >= 11 is 0. The van der Waals surface area contributed by atoms with Gasteiger partial charge in [-0.3, -0.25) is 9.59 Å². The molecule has 2 fully saturated rings. The Bertz CT molecular complexity index is 1770. The van der Waals surface area contributed by atoms with Gasteiger partial charge in [0.25, 0.3) is 0 Å². The first-order chi connectivity index (χ1) is 23.5. The van der Waals surface area contributed by atoms with Crippen LogP contribution in [0.2, 0.25) is 0 Å². The fourth-order valence-corrected chi connectivity index (χ4v) is 6.89. The van der Waals surface area contributed by atoms with Crippen LogP contribution in [0.1, 0.15) is 16.7 Å². The average Bonchev–Trinajstić information content (AvgIpc) is 3.07. The number of nitrogens with one attached hydrogen (secondary N) is 1. The van der Waals surface area contributed by atoms with Crippen LogP contribution in [0.15, 0.2) is 85.5 Å². The van der Waals surface area contributed by atoms with E-state index in [0.29, 0.717) is 17.9 Å². The maximum absolute atomic E-state index is 14.4. The van der Waals surface area contributed by atoms with Gasteiger partial charge in [-0.05, 0) is 29.3 Å². The molecule has 2 saturated heterocycles. The van der Waals surface area contributed by atoms with Crippen LogP contribution in [-0.4, -0.2) is 89.7 Å². The van der Waals surface area contributed by atoms with Crippen LogP contribution in [0.25, 0.3) is 0 Å². The van der Waals surface area contributed by atoms with Crippen molar-refractivity contribution in [3.63, 3.8) is 0 Å². The molecule has 1 N–H and O–H groups in total. The zero-order chi connectivity index (χ0) is 34.7. The van der Waals surface area contributed by atoms with Crippen molar-refractivity contribution in [2.75, 3.05) is 44.7 Å². The van der Waals surface area contributed by atoms with Crippen molar-refractivity contribution >= 4 is 31.4 Å². The molecule has 0 unspecified atom stereocenters. The Morgan fingerprint density at radius 2 is 1.76 bits per heavy atom. The number of carbonyl (C=O) groups excluding carboxylic acids is 3. The van der Waals surface area contributed by atoms with Gasteiger partial charge in [-0.1, -0.05) is 60.7 Å². The molecule has 6 rings (SSSR count). The van der Waals surface area contributed by atoms with Crippen LogP contribution in [0.3, 0.4) is 0 Å². The second-order valence-electron chi connectivity index (χ2n) is 12.1. The number of urea groups is 1. The van der Waals surface area contributed by atoms with E-state index in [4.69, 9.17) is 4.74 Å². The molecule has 3 heterocycles. The standard InChI is InChI=1S/C34H39N6O8P.2Na/c1-3-16-38-23-31(41)39-29(19-24-12-14-27(15-13-24)48-49(44,45)46)33(42)37(21-26-10-7-11-28-32(26)47-18-17-36(28)2)22-30(39)40(38)34(43)35-20-25-8-5-4-6-9-25;;/h3-15,29-30H,1,16-23H2,2H3,(H,35,43)(H2,44,45,46);;/q;2*+1/p-2/t29-,30+;;/m1../s1. The van der Waals surface area contributed by atoms with Crippen molar-refractivity contribution in [3.8, 4) is 11.5 Å². The normalized spacial score (nSPS) is 18.8. The topological polar surface area (TPSA) is 161 Å². The van der Waals surface area contributed by atoms with E-state index in [1.54, 1.807) is 16.0 Å². The summed E-state index contributed by atoms with van der Waals surface area (Å²) in [5.41, 5.74) is 3.17. The second kappa shape index (κ2) is 17.8. The summed E-state index contributed by atoms with van der Waals surface area (Å²) < 4.78 is 21.6. The van der Waals surface area contributed by atoms with Gasteiger partial charge in [-0.2, -0.15) is 0 Å². The van der Waals surface area contributed by atoms with E-state index < -0.39 is 26.1 Å². The minimum absolute atomic E-state index is 0. The summed E-state index contributed by atoms with van der Waals surface area (Å²) in [6.45, 7) is 5.53. The molecule has 17 heteroatoms. The van der Waals surface area contributed by atoms with E-state index in [1.807, 2.05) is 55.6 Å². The number of hydrogen-bond acceptors (Lipinski definition) is 10. The first-order valence-electron chi connectivity index (χ1n) is 15.9. The Balaban J connectivity index is 0.00000292. The van der Waals surface area contributed by atoms with Crippen LogP contribution in [0.4, 0.5) is 10.5 Å².